The fourth-order valence-electron chi connectivity index (χ4n) is 3.80. The second kappa shape index (κ2) is 12.6. The maximum atomic E-state index is 12.7. The number of carbonyl (C=O) groups is 2. The van der Waals surface area contributed by atoms with Crippen molar-refractivity contribution in [2.24, 2.45) is 5.92 Å². The van der Waals surface area contributed by atoms with Crippen LogP contribution in [-0.4, -0.2) is 54.6 Å². The fourth-order valence-corrected chi connectivity index (χ4v) is 4.67. The van der Waals surface area contributed by atoms with E-state index in [1.54, 1.807) is 24.3 Å². The third-order valence-electron chi connectivity index (χ3n) is 5.48. The molecule has 0 aliphatic carbocycles. The highest BCUT2D eigenvalue weighted by atomic mass is 79.9. The third kappa shape index (κ3) is 7.56. The van der Waals surface area contributed by atoms with Crippen LogP contribution in [0.2, 0.25) is 5.02 Å². The predicted octanol–water partition coefficient (Wildman–Crippen LogP) is 5.32. The molecule has 2 aromatic carbocycles. The molecule has 1 heterocycles. The van der Waals surface area contributed by atoms with Gasteiger partial charge in [0.1, 0.15) is 5.75 Å². The standard InChI is InChI=1S/C25H30BrClN4O3S/c1-4-34-22-8-5-17(14-19(22)26)24(33)29-25(35)28-20-15-18(27)6-7-21(20)30-9-11-31(12-10-30)23(32)13-16(2)3/h5-8,14-16H,4,9-13H2,1-3H3,(H2,28,29,33,35). The third-order valence-corrected chi connectivity index (χ3v) is 6.54. The Morgan fingerprint density at radius 3 is 2.49 bits per heavy atom. The van der Waals surface area contributed by atoms with E-state index in [0.717, 1.165) is 5.69 Å². The number of piperazine rings is 1. The Morgan fingerprint density at radius 1 is 1.14 bits per heavy atom. The van der Waals surface area contributed by atoms with Crippen LogP contribution in [0.25, 0.3) is 0 Å². The van der Waals surface area contributed by atoms with E-state index in [9.17, 15) is 9.59 Å². The molecule has 0 unspecified atom stereocenters. The molecule has 1 aliphatic heterocycles. The van der Waals surface area contributed by atoms with E-state index in [4.69, 9.17) is 28.6 Å². The Kier molecular flexibility index (Phi) is 9.77. The van der Waals surface area contributed by atoms with Crippen molar-refractivity contribution in [1.29, 1.82) is 0 Å². The second-order valence-electron chi connectivity index (χ2n) is 8.61. The topological polar surface area (TPSA) is 73.9 Å². The first kappa shape index (κ1) is 27.2. The first-order valence-electron chi connectivity index (χ1n) is 11.5. The van der Waals surface area contributed by atoms with Crippen molar-refractivity contribution in [1.82, 2.24) is 10.2 Å². The molecule has 188 valence electrons. The quantitative estimate of drug-likeness (QED) is 0.431. The Hall–Kier alpha value is -2.36. The molecule has 7 nitrogen and oxygen atoms in total. The number of hydrogen-bond acceptors (Lipinski definition) is 5. The van der Waals surface area contributed by atoms with E-state index < -0.39 is 0 Å². The van der Waals surface area contributed by atoms with E-state index in [2.05, 4.69) is 45.3 Å². The van der Waals surface area contributed by atoms with Gasteiger partial charge in [0.2, 0.25) is 5.91 Å². The van der Waals surface area contributed by atoms with Gasteiger partial charge in [-0.25, -0.2) is 0 Å². The highest BCUT2D eigenvalue weighted by Gasteiger charge is 2.23. The number of thiocarbonyl (C=S) groups is 1. The molecule has 2 amide bonds. The predicted molar refractivity (Wildman–Crippen MR) is 149 cm³/mol. The van der Waals surface area contributed by atoms with Crippen LogP contribution < -0.4 is 20.3 Å². The van der Waals surface area contributed by atoms with E-state index in [1.807, 2.05) is 24.0 Å². The molecule has 0 aromatic heterocycles. The summed E-state index contributed by atoms with van der Waals surface area (Å²) in [5.41, 5.74) is 2.04. The SMILES string of the molecule is CCOc1ccc(C(=O)NC(=S)Nc2cc(Cl)ccc2N2CCN(C(=O)CC(C)C)CC2)cc1Br. The number of benzene rings is 2. The molecule has 2 aromatic rings. The highest BCUT2D eigenvalue weighted by molar-refractivity contribution is 9.10. The fraction of sp³-hybridized carbons (Fsp3) is 0.400. The minimum absolute atomic E-state index is 0.161. The van der Waals surface area contributed by atoms with Gasteiger partial charge in [-0.1, -0.05) is 25.4 Å². The first-order chi connectivity index (χ1) is 16.7. The molecule has 1 aliphatic rings. The van der Waals surface area contributed by atoms with E-state index in [1.165, 1.54) is 0 Å². The van der Waals surface area contributed by atoms with Crippen LogP contribution >= 0.6 is 39.7 Å². The molecule has 0 bridgehead atoms. The van der Waals surface area contributed by atoms with Crippen LogP contribution in [0.15, 0.2) is 40.9 Å². The Labute approximate surface area is 225 Å². The summed E-state index contributed by atoms with van der Waals surface area (Å²) >= 11 is 15.1. The maximum absolute atomic E-state index is 12.7. The molecule has 1 fully saturated rings. The molecule has 1 saturated heterocycles. The Morgan fingerprint density at radius 2 is 1.86 bits per heavy atom. The summed E-state index contributed by atoms with van der Waals surface area (Å²) in [6.45, 7) is 9.23. The minimum atomic E-state index is -0.341. The van der Waals surface area contributed by atoms with Gasteiger partial charge in [0.15, 0.2) is 5.11 Å². The van der Waals surface area contributed by atoms with Crippen molar-refractivity contribution in [3.63, 3.8) is 0 Å². The second-order valence-corrected chi connectivity index (χ2v) is 10.3. The summed E-state index contributed by atoms with van der Waals surface area (Å²) in [5.74, 6) is 0.859. The lowest BCUT2D eigenvalue weighted by Gasteiger charge is -2.37. The number of amides is 2. The molecule has 3 rings (SSSR count). The summed E-state index contributed by atoms with van der Waals surface area (Å²) in [7, 11) is 0. The zero-order valence-electron chi connectivity index (χ0n) is 20.1. The molecule has 0 saturated carbocycles. The van der Waals surface area contributed by atoms with E-state index in [-0.39, 0.29) is 16.9 Å². The van der Waals surface area contributed by atoms with Gasteiger partial charge in [0.25, 0.3) is 5.91 Å². The summed E-state index contributed by atoms with van der Waals surface area (Å²) in [5, 5.41) is 6.54. The van der Waals surface area contributed by atoms with Crippen molar-refractivity contribution in [2.45, 2.75) is 27.2 Å². The van der Waals surface area contributed by atoms with Gasteiger partial charge in [-0.05, 0) is 77.4 Å². The van der Waals surface area contributed by atoms with Gasteiger partial charge in [-0.15, -0.1) is 0 Å². The van der Waals surface area contributed by atoms with Gasteiger partial charge in [0, 0.05) is 43.2 Å². The Balaban J connectivity index is 1.65. The van der Waals surface area contributed by atoms with Crippen molar-refractivity contribution in [2.75, 3.05) is 43.0 Å². The normalized spacial score (nSPS) is 13.5. The number of rotatable bonds is 7. The number of nitrogens with zero attached hydrogens (tertiary/aromatic N) is 2. The van der Waals surface area contributed by atoms with Crippen LogP contribution in [0.4, 0.5) is 11.4 Å². The van der Waals surface area contributed by atoms with Gasteiger partial charge in [-0.3, -0.25) is 14.9 Å². The van der Waals surface area contributed by atoms with Crippen LogP contribution in [0.1, 0.15) is 37.6 Å². The zero-order chi connectivity index (χ0) is 25.5. The average Bonchev–Trinajstić information content (AvgIpc) is 2.80. The molecule has 35 heavy (non-hydrogen) atoms. The summed E-state index contributed by atoms with van der Waals surface area (Å²) in [4.78, 5) is 29.2. The first-order valence-corrected chi connectivity index (χ1v) is 13.1. The lowest BCUT2D eigenvalue weighted by molar-refractivity contribution is -0.132. The molecular weight excluding hydrogens is 552 g/mol. The zero-order valence-corrected chi connectivity index (χ0v) is 23.2. The number of carbonyl (C=O) groups excluding carboxylic acids is 2. The van der Waals surface area contributed by atoms with Gasteiger partial charge in [-0.2, -0.15) is 0 Å². The monoisotopic (exact) mass is 580 g/mol. The molecular formula is C25H30BrClN4O3S. The van der Waals surface area contributed by atoms with Crippen molar-refractivity contribution >= 4 is 68.1 Å². The van der Waals surface area contributed by atoms with Crippen molar-refractivity contribution in [3.05, 3.63) is 51.5 Å². The largest absolute Gasteiger partial charge is 0.493 e. The lowest BCUT2D eigenvalue weighted by atomic mass is 10.1. The number of hydrogen-bond donors (Lipinski definition) is 2. The van der Waals surface area contributed by atoms with Crippen molar-refractivity contribution < 1.29 is 14.3 Å². The van der Waals surface area contributed by atoms with E-state index >= 15 is 0 Å². The summed E-state index contributed by atoms with van der Waals surface area (Å²) in [6.07, 6.45) is 0.562. The van der Waals surface area contributed by atoms with E-state index in [0.29, 0.717) is 71.6 Å². The molecule has 2 N–H and O–H groups in total. The van der Waals surface area contributed by atoms with Gasteiger partial charge in [0.05, 0.1) is 22.5 Å². The number of halogens is 2. The van der Waals surface area contributed by atoms with Crippen molar-refractivity contribution in [3.8, 4) is 5.75 Å². The smallest absolute Gasteiger partial charge is 0.257 e. The summed E-state index contributed by atoms with van der Waals surface area (Å²) < 4.78 is 6.18. The molecule has 0 atom stereocenters. The van der Waals surface area contributed by atoms with Crippen LogP contribution in [0, 0.1) is 5.92 Å². The summed E-state index contributed by atoms with van der Waals surface area (Å²) in [6, 6.07) is 10.6. The van der Waals surface area contributed by atoms with Gasteiger partial charge >= 0.3 is 0 Å². The molecule has 0 radical (unpaired) electrons. The lowest BCUT2D eigenvalue weighted by Crippen LogP contribution is -2.49. The van der Waals surface area contributed by atoms with Crippen LogP contribution in [0.5, 0.6) is 5.75 Å². The minimum Gasteiger partial charge on any atom is -0.493 e. The van der Waals surface area contributed by atoms with Gasteiger partial charge < -0.3 is 19.9 Å². The highest BCUT2D eigenvalue weighted by Crippen LogP contribution is 2.30. The van der Waals surface area contributed by atoms with Crippen LogP contribution in [-0.2, 0) is 4.79 Å². The van der Waals surface area contributed by atoms with Crippen LogP contribution in [0.3, 0.4) is 0 Å². The molecule has 10 heteroatoms. The number of ether oxygens (including phenoxy) is 1. The number of nitrogens with one attached hydrogen (secondary N) is 2. The molecule has 0 spiro atoms. The Bertz CT molecular complexity index is 1090. The maximum Gasteiger partial charge on any atom is 0.257 e. The number of anilines is 2. The average molecular weight is 582 g/mol.